The van der Waals surface area contributed by atoms with Gasteiger partial charge in [0.25, 0.3) is 0 Å². The third kappa shape index (κ3) is 4.20. The van der Waals surface area contributed by atoms with E-state index in [0.717, 1.165) is 6.42 Å². The minimum Gasteiger partial charge on any atom is -0.335 e. The van der Waals surface area contributed by atoms with Crippen molar-refractivity contribution >= 4 is 16.9 Å². The number of benzene rings is 2. The van der Waals surface area contributed by atoms with Gasteiger partial charge in [-0.2, -0.15) is 0 Å². The molecule has 1 atom stereocenters. The van der Waals surface area contributed by atoms with Crippen molar-refractivity contribution in [2.24, 2.45) is 0 Å². The smallest absolute Gasteiger partial charge is 0.0497 e. The van der Waals surface area contributed by atoms with Gasteiger partial charge in [-0.25, -0.2) is 0 Å². The second kappa shape index (κ2) is 8.93. The molecule has 1 heterocycles. The van der Waals surface area contributed by atoms with Crippen LogP contribution in [0.2, 0.25) is 0 Å². The lowest BCUT2D eigenvalue weighted by molar-refractivity contribution is 0.766. The summed E-state index contributed by atoms with van der Waals surface area (Å²) in [5.74, 6) is 0. The summed E-state index contributed by atoms with van der Waals surface area (Å²) in [7, 11) is 0. The molecule has 1 heteroatoms. The fourth-order valence-corrected chi connectivity index (χ4v) is 4.11. The number of hydrogen-bond acceptors (Lipinski definition) is 1. The summed E-state index contributed by atoms with van der Waals surface area (Å²) in [5.41, 5.74) is 6.71. The summed E-state index contributed by atoms with van der Waals surface area (Å²) < 4.78 is 0. The van der Waals surface area contributed by atoms with Crippen LogP contribution in [0.3, 0.4) is 0 Å². The number of allylic oxidation sites excluding steroid dienone is 7. The Bertz CT molecular complexity index is 912. The van der Waals surface area contributed by atoms with Gasteiger partial charge < -0.3 is 4.90 Å². The van der Waals surface area contributed by atoms with E-state index in [1.165, 1.54) is 53.8 Å². The Morgan fingerprint density at radius 3 is 2.61 bits per heavy atom. The molecule has 0 saturated carbocycles. The third-order valence-electron chi connectivity index (χ3n) is 5.65. The van der Waals surface area contributed by atoms with Gasteiger partial charge in [0.2, 0.25) is 0 Å². The normalized spacial score (nSPS) is 25.0. The Labute approximate surface area is 169 Å². The Morgan fingerprint density at radius 1 is 0.857 bits per heavy atom. The van der Waals surface area contributed by atoms with Crippen LogP contribution in [0.5, 0.6) is 0 Å². The maximum atomic E-state index is 2.45. The molecule has 2 aromatic carbocycles. The van der Waals surface area contributed by atoms with Crippen molar-refractivity contribution in [2.75, 3.05) is 4.90 Å². The van der Waals surface area contributed by atoms with Crippen molar-refractivity contribution in [3.8, 4) is 0 Å². The van der Waals surface area contributed by atoms with Crippen LogP contribution in [0.15, 0.2) is 91.1 Å². The molecule has 0 aromatic heterocycles. The summed E-state index contributed by atoms with van der Waals surface area (Å²) in [6, 6.07) is 18.2. The molecule has 28 heavy (non-hydrogen) atoms. The van der Waals surface area contributed by atoms with E-state index in [4.69, 9.17) is 0 Å². The van der Waals surface area contributed by atoms with Crippen molar-refractivity contribution in [3.63, 3.8) is 0 Å². The quantitative estimate of drug-likeness (QED) is 0.534. The van der Waals surface area contributed by atoms with Gasteiger partial charge in [-0.1, -0.05) is 72.9 Å². The predicted molar refractivity (Wildman–Crippen MR) is 122 cm³/mol. The summed E-state index contributed by atoms with van der Waals surface area (Å²) in [6.07, 6.45) is 21.5. The fraction of sp³-hybridized carbons (Fsp3) is 0.259. The van der Waals surface area contributed by atoms with Crippen molar-refractivity contribution in [2.45, 2.75) is 45.1 Å². The predicted octanol–water partition coefficient (Wildman–Crippen LogP) is 7.40. The van der Waals surface area contributed by atoms with Gasteiger partial charge in [0.1, 0.15) is 0 Å². The number of nitrogens with zero attached hydrogens (tertiary/aromatic N) is 1. The van der Waals surface area contributed by atoms with Crippen molar-refractivity contribution in [3.05, 3.63) is 102 Å². The van der Waals surface area contributed by atoms with Gasteiger partial charge in [-0.3, -0.25) is 0 Å². The first-order valence-corrected chi connectivity index (χ1v) is 10.5. The Kier molecular flexibility index (Phi) is 5.92. The van der Waals surface area contributed by atoms with E-state index in [1.807, 2.05) is 0 Å². The first-order valence-electron chi connectivity index (χ1n) is 10.5. The molecule has 2 aliphatic rings. The van der Waals surface area contributed by atoms with Crippen LogP contribution in [0.1, 0.15) is 43.7 Å². The summed E-state index contributed by atoms with van der Waals surface area (Å²) in [6.45, 7) is 2.27. The third-order valence-corrected chi connectivity index (χ3v) is 5.65. The maximum Gasteiger partial charge on any atom is 0.0497 e. The minimum atomic E-state index is 0.290. The van der Waals surface area contributed by atoms with Crippen LogP contribution >= 0.6 is 0 Å². The molecule has 0 radical (unpaired) electrons. The molecule has 0 fully saturated rings. The zero-order chi connectivity index (χ0) is 19.2. The second-order valence-electron chi connectivity index (χ2n) is 7.67. The van der Waals surface area contributed by atoms with Crippen LogP contribution in [0.4, 0.5) is 11.4 Å². The first kappa shape index (κ1) is 18.6. The molecule has 1 aliphatic carbocycles. The molecule has 1 aliphatic heterocycles. The van der Waals surface area contributed by atoms with Crippen LogP contribution < -0.4 is 4.90 Å². The highest BCUT2D eigenvalue weighted by atomic mass is 15.2. The van der Waals surface area contributed by atoms with Crippen molar-refractivity contribution < 1.29 is 0 Å². The second-order valence-corrected chi connectivity index (χ2v) is 7.67. The van der Waals surface area contributed by atoms with Crippen molar-refractivity contribution in [1.29, 1.82) is 0 Å². The van der Waals surface area contributed by atoms with E-state index in [0.29, 0.717) is 6.04 Å². The maximum absolute atomic E-state index is 2.45. The number of rotatable bonds is 2. The van der Waals surface area contributed by atoms with E-state index in [9.17, 15) is 0 Å². The zero-order valence-electron chi connectivity index (χ0n) is 16.7. The minimum absolute atomic E-state index is 0.290. The Balaban J connectivity index is 1.69. The summed E-state index contributed by atoms with van der Waals surface area (Å²) in [4.78, 5) is 2.45. The van der Waals surface area contributed by atoms with E-state index in [2.05, 4.69) is 103 Å². The molecule has 2 aromatic rings. The highest BCUT2D eigenvalue weighted by molar-refractivity contribution is 5.73. The van der Waals surface area contributed by atoms with Crippen LogP contribution in [-0.4, -0.2) is 6.04 Å². The molecule has 0 N–H and O–H groups in total. The molecule has 4 rings (SSSR count). The summed E-state index contributed by atoms with van der Waals surface area (Å²) in [5, 5.41) is 0. The monoisotopic (exact) mass is 367 g/mol. The largest absolute Gasteiger partial charge is 0.335 e. The van der Waals surface area contributed by atoms with Crippen LogP contribution in [-0.2, 0) is 6.42 Å². The lowest BCUT2D eigenvalue weighted by Crippen LogP contribution is -2.27. The van der Waals surface area contributed by atoms with Gasteiger partial charge in [0.15, 0.2) is 0 Å². The first-order chi connectivity index (χ1) is 13.8. The Morgan fingerprint density at radius 2 is 1.71 bits per heavy atom. The molecule has 0 bridgehead atoms. The molecule has 1 unspecified atom stereocenters. The van der Waals surface area contributed by atoms with Gasteiger partial charge >= 0.3 is 0 Å². The molecule has 0 spiro atoms. The highest BCUT2D eigenvalue weighted by Crippen LogP contribution is 2.34. The fourth-order valence-electron chi connectivity index (χ4n) is 4.11. The molecule has 0 saturated heterocycles. The summed E-state index contributed by atoms with van der Waals surface area (Å²) >= 11 is 0. The highest BCUT2D eigenvalue weighted by Gasteiger charge is 2.18. The number of anilines is 2. The average molecular weight is 368 g/mol. The van der Waals surface area contributed by atoms with E-state index < -0.39 is 0 Å². The lowest BCUT2D eigenvalue weighted by atomic mass is 9.96. The number of fused-ring (bicyclic) bond motifs is 1. The van der Waals surface area contributed by atoms with Crippen LogP contribution in [0, 0.1) is 0 Å². The zero-order valence-corrected chi connectivity index (χ0v) is 16.7. The average Bonchev–Trinajstić information content (AvgIpc) is 2.77. The van der Waals surface area contributed by atoms with Gasteiger partial charge in [0.05, 0.1) is 0 Å². The topological polar surface area (TPSA) is 3.24 Å². The number of para-hydroxylation sites is 1. The van der Waals surface area contributed by atoms with E-state index in [-0.39, 0.29) is 0 Å². The Hall–Kier alpha value is -2.80. The number of hydrogen-bond donors (Lipinski definition) is 0. The van der Waals surface area contributed by atoms with E-state index in [1.54, 1.807) is 0 Å². The van der Waals surface area contributed by atoms with Crippen LogP contribution in [0.25, 0.3) is 5.57 Å². The van der Waals surface area contributed by atoms with Gasteiger partial charge in [-0.05, 0) is 73.9 Å². The standard InChI is InChI=1S/C27H29N/c1-22-12-6-5-9-15-25-16-10-11-17-27(25)28(22)26-20-18-24(19-21-26)23-13-7-3-2-4-8-14-23/h3,5-7,9-13,16-22H,2,4,8,14-15H2,1H3/b7-3-,9-5-,12-6-,23-13+. The molecular weight excluding hydrogens is 338 g/mol. The molecule has 142 valence electrons. The van der Waals surface area contributed by atoms with E-state index >= 15 is 0 Å². The molecule has 1 nitrogen and oxygen atoms in total. The molecule has 0 amide bonds. The van der Waals surface area contributed by atoms with Gasteiger partial charge in [-0.15, -0.1) is 0 Å². The SMILES string of the molecule is CC1/C=C\C=C/Cc2ccccc2N1c1ccc(/C2=C/C=C\CCCC2)cc1. The van der Waals surface area contributed by atoms with Crippen molar-refractivity contribution in [1.82, 2.24) is 0 Å². The molecular formula is C27H29N. The van der Waals surface area contributed by atoms with Gasteiger partial charge in [0, 0.05) is 17.4 Å². The lowest BCUT2D eigenvalue weighted by Gasteiger charge is -2.31.